The van der Waals surface area contributed by atoms with E-state index in [1.54, 1.807) is 0 Å². The Morgan fingerprint density at radius 1 is 1.14 bits per heavy atom. The second-order valence-corrected chi connectivity index (χ2v) is 5.53. The van der Waals surface area contributed by atoms with E-state index in [2.05, 4.69) is 10.4 Å². The zero-order chi connectivity index (χ0) is 16.5. The van der Waals surface area contributed by atoms with Gasteiger partial charge in [0, 0.05) is 25.2 Å². The van der Waals surface area contributed by atoms with Crippen LogP contribution in [-0.2, 0) is 11.3 Å². The first-order valence-corrected chi connectivity index (χ1v) is 8.01. The standard InChI is InChI=1S/C16H27N3O3/c1-4-19-13(3)15(12(2)18-19)16(22)17-11-9-7-5-6-8-10-14(20)21/h4-11H2,1-3H3,(H,17,22)(H,20,21). The number of aryl methyl sites for hydroxylation is 2. The van der Waals surface area contributed by atoms with Crippen LogP contribution in [0.1, 0.15) is 67.2 Å². The molecule has 0 saturated heterocycles. The van der Waals surface area contributed by atoms with Crippen LogP contribution in [0.5, 0.6) is 0 Å². The fourth-order valence-corrected chi connectivity index (χ4v) is 2.56. The van der Waals surface area contributed by atoms with Gasteiger partial charge >= 0.3 is 5.97 Å². The highest BCUT2D eigenvalue weighted by atomic mass is 16.4. The predicted octanol–water partition coefficient (Wildman–Crippen LogP) is 2.67. The molecule has 1 amide bonds. The van der Waals surface area contributed by atoms with Gasteiger partial charge in [0.05, 0.1) is 11.3 Å². The summed E-state index contributed by atoms with van der Waals surface area (Å²) >= 11 is 0. The van der Waals surface area contributed by atoms with E-state index in [4.69, 9.17) is 5.11 Å². The fourth-order valence-electron chi connectivity index (χ4n) is 2.56. The van der Waals surface area contributed by atoms with Gasteiger partial charge in [0.1, 0.15) is 0 Å². The number of nitrogens with one attached hydrogen (secondary N) is 1. The normalized spacial score (nSPS) is 10.7. The van der Waals surface area contributed by atoms with Gasteiger partial charge < -0.3 is 10.4 Å². The molecule has 6 nitrogen and oxygen atoms in total. The molecule has 0 atom stereocenters. The molecule has 6 heteroatoms. The average Bonchev–Trinajstić information content (AvgIpc) is 2.75. The Labute approximate surface area is 131 Å². The SMILES string of the molecule is CCn1nc(C)c(C(=O)NCCCCCCCC(=O)O)c1C. The number of aromatic nitrogens is 2. The zero-order valence-corrected chi connectivity index (χ0v) is 13.8. The number of nitrogens with zero attached hydrogens (tertiary/aromatic N) is 2. The first kappa shape index (κ1) is 18.2. The van der Waals surface area contributed by atoms with E-state index in [1.165, 1.54) is 0 Å². The van der Waals surface area contributed by atoms with E-state index in [9.17, 15) is 9.59 Å². The average molecular weight is 309 g/mol. The van der Waals surface area contributed by atoms with Crippen molar-refractivity contribution in [2.75, 3.05) is 6.54 Å². The molecule has 0 radical (unpaired) electrons. The van der Waals surface area contributed by atoms with Gasteiger partial charge in [-0.2, -0.15) is 5.10 Å². The van der Waals surface area contributed by atoms with Gasteiger partial charge in [0.2, 0.25) is 0 Å². The number of rotatable bonds is 10. The summed E-state index contributed by atoms with van der Waals surface area (Å²) in [5.41, 5.74) is 2.36. The highest BCUT2D eigenvalue weighted by molar-refractivity contribution is 5.96. The molecule has 0 fully saturated rings. The van der Waals surface area contributed by atoms with Gasteiger partial charge in [-0.3, -0.25) is 14.3 Å². The van der Waals surface area contributed by atoms with E-state index >= 15 is 0 Å². The highest BCUT2D eigenvalue weighted by Crippen LogP contribution is 2.13. The van der Waals surface area contributed by atoms with Crippen molar-refractivity contribution in [3.63, 3.8) is 0 Å². The number of carbonyl (C=O) groups is 2. The van der Waals surface area contributed by atoms with E-state index in [0.29, 0.717) is 12.1 Å². The summed E-state index contributed by atoms with van der Waals surface area (Å²) in [5.74, 6) is -0.786. The van der Waals surface area contributed by atoms with Gasteiger partial charge in [-0.25, -0.2) is 0 Å². The molecular weight excluding hydrogens is 282 g/mol. The van der Waals surface area contributed by atoms with Crippen molar-refractivity contribution in [2.24, 2.45) is 0 Å². The van der Waals surface area contributed by atoms with Crippen molar-refractivity contribution in [1.82, 2.24) is 15.1 Å². The minimum absolute atomic E-state index is 0.0550. The molecule has 0 aromatic carbocycles. The minimum atomic E-state index is -0.731. The molecule has 1 rings (SSSR count). The second kappa shape index (κ2) is 9.23. The maximum Gasteiger partial charge on any atom is 0.303 e. The van der Waals surface area contributed by atoms with Crippen LogP contribution in [0.4, 0.5) is 0 Å². The molecule has 2 N–H and O–H groups in total. The molecule has 124 valence electrons. The maximum atomic E-state index is 12.2. The summed E-state index contributed by atoms with van der Waals surface area (Å²) in [6.45, 7) is 7.19. The third kappa shape index (κ3) is 5.50. The van der Waals surface area contributed by atoms with Crippen LogP contribution in [-0.4, -0.2) is 33.3 Å². The fraction of sp³-hybridized carbons (Fsp3) is 0.688. The Bertz CT molecular complexity index is 509. The summed E-state index contributed by atoms with van der Waals surface area (Å²) in [7, 11) is 0. The number of carbonyl (C=O) groups excluding carboxylic acids is 1. The molecule has 1 aromatic heterocycles. The summed E-state index contributed by atoms with van der Waals surface area (Å²) in [6.07, 6.45) is 4.84. The lowest BCUT2D eigenvalue weighted by Crippen LogP contribution is -2.25. The predicted molar refractivity (Wildman–Crippen MR) is 85.0 cm³/mol. The van der Waals surface area contributed by atoms with Gasteiger partial charge in [-0.05, 0) is 33.6 Å². The molecule has 0 aliphatic rings. The Morgan fingerprint density at radius 3 is 2.36 bits per heavy atom. The van der Waals surface area contributed by atoms with Crippen molar-refractivity contribution in [1.29, 1.82) is 0 Å². The van der Waals surface area contributed by atoms with Gasteiger partial charge in [-0.15, -0.1) is 0 Å². The smallest absolute Gasteiger partial charge is 0.303 e. The molecule has 0 aliphatic heterocycles. The van der Waals surface area contributed by atoms with Crippen LogP contribution in [0.3, 0.4) is 0 Å². The Hall–Kier alpha value is -1.85. The second-order valence-electron chi connectivity index (χ2n) is 5.53. The summed E-state index contributed by atoms with van der Waals surface area (Å²) in [5, 5.41) is 15.8. The Balaban J connectivity index is 2.24. The van der Waals surface area contributed by atoms with Gasteiger partial charge in [-0.1, -0.05) is 19.3 Å². The van der Waals surface area contributed by atoms with Crippen molar-refractivity contribution in [3.05, 3.63) is 17.0 Å². The van der Waals surface area contributed by atoms with Gasteiger partial charge in [0.15, 0.2) is 0 Å². The largest absolute Gasteiger partial charge is 0.481 e. The summed E-state index contributed by atoms with van der Waals surface area (Å²) in [4.78, 5) is 22.6. The Morgan fingerprint density at radius 2 is 1.77 bits per heavy atom. The van der Waals surface area contributed by atoms with E-state index < -0.39 is 5.97 Å². The molecule has 1 heterocycles. The van der Waals surface area contributed by atoms with Crippen molar-refractivity contribution in [2.45, 2.75) is 65.8 Å². The van der Waals surface area contributed by atoms with Crippen LogP contribution in [0.2, 0.25) is 0 Å². The zero-order valence-electron chi connectivity index (χ0n) is 13.8. The lowest BCUT2D eigenvalue weighted by Gasteiger charge is -2.06. The van der Waals surface area contributed by atoms with Crippen molar-refractivity contribution < 1.29 is 14.7 Å². The molecule has 0 bridgehead atoms. The highest BCUT2D eigenvalue weighted by Gasteiger charge is 2.17. The van der Waals surface area contributed by atoms with E-state index in [0.717, 1.165) is 50.0 Å². The number of aliphatic carboxylic acids is 1. The third-order valence-electron chi connectivity index (χ3n) is 3.76. The van der Waals surface area contributed by atoms with Crippen molar-refractivity contribution in [3.8, 4) is 0 Å². The van der Waals surface area contributed by atoms with E-state index in [-0.39, 0.29) is 12.3 Å². The first-order valence-electron chi connectivity index (χ1n) is 8.01. The summed E-state index contributed by atoms with van der Waals surface area (Å²) < 4.78 is 1.84. The Kier molecular flexibility index (Phi) is 7.63. The number of hydrogen-bond acceptors (Lipinski definition) is 3. The molecule has 0 aliphatic carbocycles. The minimum Gasteiger partial charge on any atom is -0.481 e. The molecule has 0 spiro atoms. The maximum absolute atomic E-state index is 12.2. The lowest BCUT2D eigenvalue weighted by atomic mass is 10.1. The monoisotopic (exact) mass is 309 g/mol. The number of carboxylic acids is 1. The van der Waals surface area contributed by atoms with Crippen molar-refractivity contribution >= 4 is 11.9 Å². The lowest BCUT2D eigenvalue weighted by molar-refractivity contribution is -0.137. The van der Waals surface area contributed by atoms with E-state index in [1.807, 2.05) is 25.5 Å². The first-order chi connectivity index (χ1) is 10.5. The number of unbranched alkanes of at least 4 members (excludes halogenated alkanes) is 4. The van der Waals surface area contributed by atoms with Crippen LogP contribution >= 0.6 is 0 Å². The topological polar surface area (TPSA) is 84.2 Å². The van der Waals surface area contributed by atoms with Crippen LogP contribution in [0.25, 0.3) is 0 Å². The molecular formula is C16H27N3O3. The van der Waals surface area contributed by atoms with Crippen LogP contribution in [0.15, 0.2) is 0 Å². The number of hydrogen-bond donors (Lipinski definition) is 2. The molecule has 22 heavy (non-hydrogen) atoms. The van der Waals surface area contributed by atoms with Crippen LogP contribution in [0, 0.1) is 13.8 Å². The van der Waals surface area contributed by atoms with Crippen LogP contribution < -0.4 is 5.32 Å². The van der Waals surface area contributed by atoms with Gasteiger partial charge in [0.25, 0.3) is 5.91 Å². The molecule has 1 aromatic rings. The molecule has 0 saturated carbocycles. The number of carboxylic acid groups (broad SMARTS) is 1. The quantitative estimate of drug-likeness (QED) is 0.651. The third-order valence-corrected chi connectivity index (χ3v) is 3.76. The molecule has 0 unspecified atom stereocenters. The number of amides is 1. The summed E-state index contributed by atoms with van der Waals surface area (Å²) in [6, 6.07) is 0.